The highest BCUT2D eigenvalue weighted by atomic mass is 16.5. The van der Waals surface area contributed by atoms with E-state index in [2.05, 4.69) is 51.2 Å². The molecule has 21 heavy (non-hydrogen) atoms. The van der Waals surface area contributed by atoms with E-state index in [1.54, 1.807) is 0 Å². The van der Waals surface area contributed by atoms with Gasteiger partial charge in [-0.2, -0.15) is 0 Å². The molecule has 0 spiro atoms. The van der Waals surface area contributed by atoms with Gasteiger partial charge in [0.15, 0.2) is 0 Å². The molecule has 0 amide bonds. The Bertz CT molecular complexity index is 435. The predicted octanol–water partition coefficient (Wildman–Crippen LogP) is 5.01. The van der Waals surface area contributed by atoms with Crippen molar-refractivity contribution >= 4 is 0 Å². The van der Waals surface area contributed by atoms with Crippen molar-refractivity contribution in [2.75, 3.05) is 6.54 Å². The van der Waals surface area contributed by atoms with Crippen LogP contribution < -0.4 is 10.1 Å². The van der Waals surface area contributed by atoms with Crippen LogP contribution in [0.1, 0.15) is 70.0 Å². The molecule has 1 unspecified atom stereocenters. The number of hydrogen-bond donors (Lipinski definition) is 1. The monoisotopic (exact) mass is 289 g/mol. The summed E-state index contributed by atoms with van der Waals surface area (Å²) >= 11 is 0. The SMILES string of the molecule is CCNC(C)c1ccc(OC2CCC(CC)CC2)c(C)c1. The van der Waals surface area contributed by atoms with Crippen LogP contribution >= 0.6 is 0 Å². The lowest BCUT2D eigenvalue weighted by Gasteiger charge is -2.29. The van der Waals surface area contributed by atoms with Gasteiger partial charge in [-0.1, -0.05) is 32.4 Å². The molecule has 0 saturated heterocycles. The van der Waals surface area contributed by atoms with Gasteiger partial charge < -0.3 is 10.1 Å². The maximum atomic E-state index is 6.25. The molecule has 0 bridgehead atoms. The van der Waals surface area contributed by atoms with E-state index in [0.29, 0.717) is 12.1 Å². The van der Waals surface area contributed by atoms with Crippen LogP contribution in [0.15, 0.2) is 18.2 Å². The van der Waals surface area contributed by atoms with E-state index in [9.17, 15) is 0 Å². The zero-order chi connectivity index (χ0) is 15.2. The van der Waals surface area contributed by atoms with Gasteiger partial charge in [0.05, 0.1) is 6.10 Å². The summed E-state index contributed by atoms with van der Waals surface area (Å²) in [5.41, 5.74) is 2.60. The molecule has 118 valence electrons. The Hall–Kier alpha value is -1.02. The van der Waals surface area contributed by atoms with E-state index in [-0.39, 0.29) is 0 Å². The van der Waals surface area contributed by atoms with Crippen LogP contribution in [0.3, 0.4) is 0 Å². The van der Waals surface area contributed by atoms with Gasteiger partial charge in [0.1, 0.15) is 5.75 Å². The van der Waals surface area contributed by atoms with Crippen LogP contribution in [0.4, 0.5) is 0 Å². The quantitative estimate of drug-likeness (QED) is 0.794. The fourth-order valence-electron chi connectivity index (χ4n) is 3.34. The van der Waals surface area contributed by atoms with Crippen molar-refractivity contribution in [2.24, 2.45) is 5.92 Å². The first kappa shape index (κ1) is 16.4. The summed E-state index contributed by atoms with van der Waals surface area (Å²) in [7, 11) is 0. The van der Waals surface area contributed by atoms with Crippen molar-refractivity contribution in [3.05, 3.63) is 29.3 Å². The minimum atomic E-state index is 0.405. The fourth-order valence-corrected chi connectivity index (χ4v) is 3.34. The molecule has 1 aromatic carbocycles. The molecule has 1 fully saturated rings. The van der Waals surface area contributed by atoms with Gasteiger partial charge in [0.25, 0.3) is 0 Å². The van der Waals surface area contributed by atoms with Gasteiger partial charge in [-0.3, -0.25) is 0 Å². The number of benzene rings is 1. The molecule has 0 aromatic heterocycles. The lowest BCUT2D eigenvalue weighted by atomic mass is 9.86. The summed E-state index contributed by atoms with van der Waals surface area (Å²) in [6.07, 6.45) is 6.83. The molecule has 1 aromatic rings. The maximum Gasteiger partial charge on any atom is 0.122 e. The third-order valence-corrected chi connectivity index (χ3v) is 4.87. The van der Waals surface area contributed by atoms with Crippen LogP contribution in [-0.2, 0) is 0 Å². The molecule has 0 radical (unpaired) electrons. The van der Waals surface area contributed by atoms with Gasteiger partial charge in [-0.25, -0.2) is 0 Å². The average molecular weight is 289 g/mol. The Morgan fingerprint density at radius 3 is 2.48 bits per heavy atom. The third kappa shape index (κ3) is 4.47. The molecule has 0 heterocycles. The largest absolute Gasteiger partial charge is 0.490 e. The predicted molar refractivity (Wildman–Crippen MR) is 89.9 cm³/mol. The normalized spacial score (nSPS) is 23.8. The topological polar surface area (TPSA) is 21.3 Å². The second kappa shape index (κ2) is 7.84. The Balaban J connectivity index is 1.95. The summed E-state index contributed by atoms with van der Waals surface area (Å²) in [4.78, 5) is 0. The Morgan fingerprint density at radius 1 is 1.19 bits per heavy atom. The molecule has 1 aliphatic rings. The minimum Gasteiger partial charge on any atom is -0.490 e. The van der Waals surface area contributed by atoms with E-state index in [1.165, 1.54) is 43.2 Å². The molecule has 1 N–H and O–H groups in total. The second-order valence-corrected chi connectivity index (χ2v) is 6.47. The van der Waals surface area contributed by atoms with Crippen molar-refractivity contribution in [3.63, 3.8) is 0 Å². The lowest BCUT2D eigenvalue weighted by Crippen LogP contribution is -2.24. The summed E-state index contributed by atoms with van der Waals surface area (Å²) in [6, 6.07) is 7.03. The van der Waals surface area contributed by atoms with Crippen LogP contribution in [0.5, 0.6) is 5.75 Å². The molecule has 2 nitrogen and oxygen atoms in total. The number of ether oxygens (including phenoxy) is 1. The van der Waals surface area contributed by atoms with Crippen LogP contribution in [0.25, 0.3) is 0 Å². The van der Waals surface area contributed by atoms with Crippen molar-refractivity contribution in [1.29, 1.82) is 0 Å². The summed E-state index contributed by atoms with van der Waals surface area (Å²) in [6.45, 7) is 9.83. The third-order valence-electron chi connectivity index (χ3n) is 4.87. The van der Waals surface area contributed by atoms with Crippen molar-refractivity contribution < 1.29 is 4.74 Å². The maximum absolute atomic E-state index is 6.25. The number of rotatable bonds is 6. The smallest absolute Gasteiger partial charge is 0.122 e. The Labute approximate surface area is 130 Å². The summed E-state index contributed by atoms with van der Waals surface area (Å²) in [5, 5.41) is 3.46. The first-order chi connectivity index (χ1) is 10.1. The molecule has 0 aliphatic heterocycles. The number of aryl methyl sites for hydroxylation is 1. The van der Waals surface area contributed by atoms with Crippen LogP contribution in [0, 0.1) is 12.8 Å². The first-order valence-corrected chi connectivity index (χ1v) is 8.64. The standard InChI is InChI=1S/C19H31NO/c1-5-16-7-10-18(11-8-16)21-19-12-9-17(13-14(19)3)15(4)20-6-2/h9,12-13,15-16,18,20H,5-8,10-11H2,1-4H3. The van der Waals surface area contributed by atoms with Crippen molar-refractivity contribution in [3.8, 4) is 5.75 Å². The molecule has 2 heteroatoms. The van der Waals surface area contributed by atoms with Gasteiger partial charge in [0.2, 0.25) is 0 Å². The second-order valence-electron chi connectivity index (χ2n) is 6.47. The summed E-state index contributed by atoms with van der Waals surface area (Å²) in [5.74, 6) is 2.00. The number of hydrogen-bond acceptors (Lipinski definition) is 2. The summed E-state index contributed by atoms with van der Waals surface area (Å²) < 4.78 is 6.25. The van der Waals surface area contributed by atoms with E-state index in [4.69, 9.17) is 4.74 Å². The van der Waals surface area contributed by atoms with Gasteiger partial charge in [0, 0.05) is 6.04 Å². The van der Waals surface area contributed by atoms with Crippen LogP contribution in [0.2, 0.25) is 0 Å². The molecule has 2 rings (SSSR count). The molecular formula is C19H31NO. The minimum absolute atomic E-state index is 0.405. The van der Waals surface area contributed by atoms with Gasteiger partial charge >= 0.3 is 0 Å². The van der Waals surface area contributed by atoms with E-state index < -0.39 is 0 Å². The Morgan fingerprint density at radius 2 is 1.90 bits per heavy atom. The highest BCUT2D eigenvalue weighted by Gasteiger charge is 2.21. The molecule has 1 atom stereocenters. The molecular weight excluding hydrogens is 258 g/mol. The van der Waals surface area contributed by atoms with E-state index in [1.807, 2.05) is 0 Å². The molecule has 1 saturated carbocycles. The average Bonchev–Trinajstić information content (AvgIpc) is 2.50. The van der Waals surface area contributed by atoms with E-state index in [0.717, 1.165) is 18.2 Å². The number of nitrogens with one attached hydrogen (secondary N) is 1. The fraction of sp³-hybridized carbons (Fsp3) is 0.684. The first-order valence-electron chi connectivity index (χ1n) is 8.64. The zero-order valence-corrected chi connectivity index (χ0v) is 14.1. The van der Waals surface area contributed by atoms with Crippen molar-refractivity contribution in [2.45, 2.75) is 71.9 Å². The highest BCUT2D eigenvalue weighted by molar-refractivity contribution is 5.37. The lowest BCUT2D eigenvalue weighted by molar-refractivity contribution is 0.129. The van der Waals surface area contributed by atoms with Crippen LogP contribution in [-0.4, -0.2) is 12.6 Å². The van der Waals surface area contributed by atoms with Gasteiger partial charge in [-0.15, -0.1) is 0 Å². The van der Waals surface area contributed by atoms with Gasteiger partial charge in [-0.05, 0) is 69.2 Å². The molecule has 1 aliphatic carbocycles. The highest BCUT2D eigenvalue weighted by Crippen LogP contribution is 2.31. The Kier molecular flexibility index (Phi) is 6.10. The van der Waals surface area contributed by atoms with E-state index >= 15 is 0 Å². The van der Waals surface area contributed by atoms with Crippen molar-refractivity contribution in [1.82, 2.24) is 5.32 Å². The zero-order valence-electron chi connectivity index (χ0n) is 14.1.